The van der Waals surface area contributed by atoms with Crippen LogP contribution in [0, 0.1) is 5.82 Å². The molecule has 0 atom stereocenters. The molecule has 0 aliphatic carbocycles. The van der Waals surface area contributed by atoms with Gasteiger partial charge in [-0.2, -0.15) is 4.98 Å². The van der Waals surface area contributed by atoms with Gasteiger partial charge in [0.15, 0.2) is 11.6 Å². The number of rotatable bonds is 8. The molecular weight excluding hydrogens is 389 g/mol. The second kappa shape index (κ2) is 8.36. The van der Waals surface area contributed by atoms with Crippen LogP contribution in [0.25, 0.3) is 11.4 Å². The Bertz CT molecular complexity index is 1050. The molecule has 2 aromatic carbocycles. The zero-order valence-electron chi connectivity index (χ0n) is 15.2. The van der Waals surface area contributed by atoms with Crippen LogP contribution >= 0.6 is 0 Å². The van der Waals surface area contributed by atoms with Crippen LogP contribution in [-0.4, -0.2) is 32.3 Å². The first-order valence-corrected chi connectivity index (χ1v) is 9.80. The molecule has 0 aliphatic heterocycles. The van der Waals surface area contributed by atoms with Crippen molar-refractivity contribution in [2.75, 3.05) is 13.7 Å². The molecule has 0 amide bonds. The number of methoxy groups -OCH3 is 1. The third kappa shape index (κ3) is 4.46. The molecule has 0 bridgehead atoms. The molecular formula is C18H18FN3O5S. The van der Waals surface area contributed by atoms with Crippen molar-refractivity contribution in [2.24, 2.45) is 0 Å². The Balaban J connectivity index is 1.69. The predicted molar refractivity (Wildman–Crippen MR) is 97.9 cm³/mol. The highest BCUT2D eigenvalue weighted by atomic mass is 32.2. The van der Waals surface area contributed by atoms with E-state index in [4.69, 9.17) is 14.0 Å². The largest absolute Gasteiger partial charge is 0.494 e. The van der Waals surface area contributed by atoms with Gasteiger partial charge in [0.05, 0.1) is 25.2 Å². The van der Waals surface area contributed by atoms with Crippen LogP contribution in [0.5, 0.6) is 11.5 Å². The molecule has 28 heavy (non-hydrogen) atoms. The molecule has 0 fully saturated rings. The fourth-order valence-electron chi connectivity index (χ4n) is 2.37. The number of hydrogen-bond acceptors (Lipinski definition) is 7. The topological polar surface area (TPSA) is 104 Å². The van der Waals surface area contributed by atoms with E-state index in [1.54, 1.807) is 24.3 Å². The van der Waals surface area contributed by atoms with Crippen molar-refractivity contribution in [3.63, 3.8) is 0 Å². The van der Waals surface area contributed by atoms with Crippen molar-refractivity contribution in [3.8, 4) is 22.9 Å². The predicted octanol–water partition coefficient (Wildman–Crippen LogP) is 2.76. The fraction of sp³-hybridized carbons (Fsp3) is 0.222. The summed E-state index contributed by atoms with van der Waals surface area (Å²) in [7, 11) is -2.67. The standard InChI is InChI=1S/C18H18FN3O5S/c1-3-26-13-6-4-12(5-7-13)18-21-17(27-22-18)11-20-28(23,24)14-8-9-16(25-2)15(19)10-14/h4-10,20H,3,11H2,1-2H3. The molecule has 0 saturated heterocycles. The molecule has 1 N–H and O–H groups in total. The summed E-state index contributed by atoms with van der Waals surface area (Å²) in [5, 5.41) is 3.83. The molecule has 10 heteroatoms. The van der Waals surface area contributed by atoms with E-state index in [1.807, 2.05) is 6.92 Å². The van der Waals surface area contributed by atoms with Crippen LogP contribution in [0.3, 0.4) is 0 Å². The van der Waals surface area contributed by atoms with E-state index in [0.717, 1.165) is 11.8 Å². The average Bonchev–Trinajstić information content (AvgIpc) is 3.16. The van der Waals surface area contributed by atoms with E-state index in [9.17, 15) is 12.8 Å². The molecule has 0 spiro atoms. The van der Waals surface area contributed by atoms with Crippen molar-refractivity contribution >= 4 is 10.0 Å². The van der Waals surface area contributed by atoms with Crippen LogP contribution in [0.4, 0.5) is 4.39 Å². The van der Waals surface area contributed by atoms with E-state index in [1.165, 1.54) is 19.2 Å². The number of halogens is 1. The Hall–Kier alpha value is -2.98. The highest BCUT2D eigenvalue weighted by Crippen LogP contribution is 2.22. The summed E-state index contributed by atoms with van der Waals surface area (Å²) in [4.78, 5) is 3.92. The SMILES string of the molecule is CCOc1ccc(-c2noc(CNS(=O)(=O)c3ccc(OC)c(F)c3)n2)cc1. The van der Waals surface area contributed by atoms with Crippen LogP contribution in [0.15, 0.2) is 51.9 Å². The maximum atomic E-state index is 13.7. The van der Waals surface area contributed by atoms with Crippen molar-refractivity contribution in [1.29, 1.82) is 0 Å². The lowest BCUT2D eigenvalue weighted by Crippen LogP contribution is -2.23. The van der Waals surface area contributed by atoms with Gasteiger partial charge in [-0.25, -0.2) is 17.5 Å². The number of ether oxygens (including phenoxy) is 2. The molecule has 1 heterocycles. The monoisotopic (exact) mass is 407 g/mol. The Morgan fingerprint density at radius 3 is 2.57 bits per heavy atom. The molecule has 1 aromatic heterocycles. The van der Waals surface area contributed by atoms with Crippen molar-refractivity contribution in [1.82, 2.24) is 14.9 Å². The minimum absolute atomic E-state index is 0.0455. The van der Waals surface area contributed by atoms with Gasteiger partial charge < -0.3 is 14.0 Å². The molecule has 3 aromatic rings. The highest BCUT2D eigenvalue weighted by Gasteiger charge is 2.18. The summed E-state index contributed by atoms with van der Waals surface area (Å²) in [6, 6.07) is 10.4. The van der Waals surface area contributed by atoms with E-state index in [0.29, 0.717) is 18.0 Å². The second-order valence-electron chi connectivity index (χ2n) is 5.59. The average molecular weight is 407 g/mol. The van der Waals surface area contributed by atoms with E-state index in [2.05, 4.69) is 14.9 Å². The summed E-state index contributed by atoms with van der Waals surface area (Å²) in [5.74, 6) is 0.278. The number of sulfonamides is 1. The number of benzene rings is 2. The van der Waals surface area contributed by atoms with Crippen molar-refractivity contribution in [2.45, 2.75) is 18.4 Å². The van der Waals surface area contributed by atoms with Crippen molar-refractivity contribution < 1.29 is 26.8 Å². The normalized spacial score (nSPS) is 11.4. The third-order valence-electron chi connectivity index (χ3n) is 3.74. The number of aromatic nitrogens is 2. The van der Waals surface area contributed by atoms with E-state index in [-0.39, 0.29) is 23.1 Å². The number of nitrogens with one attached hydrogen (secondary N) is 1. The smallest absolute Gasteiger partial charge is 0.242 e. The summed E-state index contributed by atoms with van der Waals surface area (Å²) < 4.78 is 55.9. The minimum atomic E-state index is -3.96. The number of hydrogen-bond donors (Lipinski definition) is 1. The van der Waals surface area contributed by atoms with Crippen LogP contribution in [-0.2, 0) is 16.6 Å². The quantitative estimate of drug-likeness (QED) is 0.612. The Morgan fingerprint density at radius 2 is 1.93 bits per heavy atom. The molecule has 0 aliphatic rings. The summed E-state index contributed by atoms with van der Waals surface area (Å²) in [6.45, 7) is 2.21. The van der Waals surface area contributed by atoms with Gasteiger partial charge in [-0.3, -0.25) is 0 Å². The lowest BCUT2D eigenvalue weighted by Gasteiger charge is -2.06. The lowest BCUT2D eigenvalue weighted by atomic mass is 10.2. The van der Waals surface area contributed by atoms with Gasteiger partial charge in [-0.1, -0.05) is 5.16 Å². The van der Waals surface area contributed by atoms with E-state index >= 15 is 0 Å². The number of nitrogens with zero attached hydrogens (tertiary/aromatic N) is 2. The lowest BCUT2D eigenvalue weighted by molar-refractivity contribution is 0.340. The summed E-state index contributed by atoms with van der Waals surface area (Å²) in [6.07, 6.45) is 0. The Labute approximate surface area is 161 Å². The van der Waals surface area contributed by atoms with Crippen LogP contribution in [0.1, 0.15) is 12.8 Å². The van der Waals surface area contributed by atoms with Gasteiger partial charge in [0.1, 0.15) is 5.75 Å². The Kier molecular flexibility index (Phi) is 5.90. The first kappa shape index (κ1) is 19.8. The molecule has 0 unspecified atom stereocenters. The second-order valence-corrected chi connectivity index (χ2v) is 7.36. The highest BCUT2D eigenvalue weighted by molar-refractivity contribution is 7.89. The third-order valence-corrected chi connectivity index (χ3v) is 5.14. The molecule has 8 nitrogen and oxygen atoms in total. The first-order valence-electron chi connectivity index (χ1n) is 8.32. The van der Waals surface area contributed by atoms with Crippen molar-refractivity contribution in [3.05, 3.63) is 54.2 Å². The zero-order chi connectivity index (χ0) is 20.1. The van der Waals surface area contributed by atoms with Gasteiger partial charge in [0.2, 0.25) is 21.7 Å². The summed E-state index contributed by atoms with van der Waals surface area (Å²) >= 11 is 0. The van der Waals surface area contributed by atoms with Gasteiger partial charge in [-0.05, 0) is 49.4 Å². The molecule has 148 valence electrons. The maximum Gasteiger partial charge on any atom is 0.242 e. The first-order chi connectivity index (χ1) is 13.4. The van der Waals surface area contributed by atoms with Gasteiger partial charge >= 0.3 is 0 Å². The van der Waals surface area contributed by atoms with Gasteiger partial charge in [-0.15, -0.1) is 0 Å². The van der Waals surface area contributed by atoms with Gasteiger partial charge in [0.25, 0.3) is 0 Å². The zero-order valence-corrected chi connectivity index (χ0v) is 16.0. The summed E-state index contributed by atoms with van der Waals surface area (Å²) in [5.41, 5.74) is 0.693. The molecule has 0 saturated carbocycles. The van der Waals surface area contributed by atoms with Gasteiger partial charge in [0, 0.05) is 5.56 Å². The van der Waals surface area contributed by atoms with Crippen LogP contribution < -0.4 is 14.2 Å². The minimum Gasteiger partial charge on any atom is -0.494 e. The van der Waals surface area contributed by atoms with E-state index < -0.39 is 15.8 Å². The molecule has 3 rings (SSSR count). The van der Waals surface area contributed by atoms with Crippen LogP contribution in [0.2, 0.25) is 0 Å². The Morgan fingerprint density at radius 1 is 1.18 bits per heavy atom. The fourth-order valence-corrected chi connectivity index (χ4v) is 3.35. The maximum absolute atomic E-state index is 13.7. The molecule has 0 radical (unpaired) electrons.